The summed E-state index contributed by atoms with van der Waals surface area (Å²) in [4.78, 5) is 34.9. The lowest BCUT2D eigenvalue weighted by Crippen LogP contribution is -2.30. The van der Waals surface area contributed by atoms with Crippen LogP contribution in [0.15, 0.2) is 72.8 Å². The molecule has 0 radical (unpaired) electrons. The number of amides is 2. The molecule has 0 aliphatic carbocycles. The molecule has 3 aromatic rings. The quantitative estimate of drug-likeness (QED) is 0.431. The van der Waals surface area contributed by atoms with E-state index in [9.17, 15) is 19.7 Å². The molecule has 0 aliphatic rings. The fourth-order valence-corrected chi connectivity index (χ4v) is 2.81. The first-order valence-corrected chi connectivity index (χ1v) is 9.52. The van der Waals surface area contributed by atoms with Gasteiger partial charge in [-0.3, -0.25) is 19.7 Å². The zero-order valence-electron chi connectivity index (χ0n) is 17.0. The Morgan fingerprint density at radius 2 is 1.48 bits per heavy atom. The highest BCUT2D eigenvalue weighted by Gasteiger charge is 2.16. The second-order valence-electron chi connectivity index (χ2n) is 6.85. The van der Waals surface area contributed by atoms with E-state index < -0.39 is 11.0 Å². The molecule has 8 nitrogen and oxygen atoms in total. The molecule has 0 heterocycles. The van der Waals surface area contributed by atoms with Gasteiger partial charge in [-0.25, -0.2) is 0 Å². The average molecular weight is 419 g/mol. The molecule has 0 spiro atoms. The van der Waals surface area contributed by atoms with Gasteiger partial charge in [-0.2, -0.15) is 0 Å². The van der Waals surface area contributed by atoms with E-state index in [-0.39, 0.29) is 17.5 Å². The fourth-order valence-electron chi connectivity index (χ4n) is 2.81. The van der Waals surface area contributed by atoms with Gasteiger partial charge < -0.3 is 15.4 Å². The van der Waals surface area contributed by atoms with Gasteiger partial charge in [0.2, 0.25) is 0 Å². The third-order valence-electron chi connectivity index (χ3n) is 4.53. The van der Waals surface area contributed by atoms with E-state index in [0.29, 0.717) is 22.7 Å². The number of rotatable bonds is 7. The fraction of sp³-hybridized carbons (Fsp3) is 0.130. The number of hydrogen-bond acceptors (Lipinski definition) is 5. The smallest absolute Gasteiger partial charge is 0.269 e. The molecular weight excluding hydrogens is 398 g/mol. The van der Waals surface area contributed by atoms with Gasteiger partial charge >= 0.3 is 0 Å². The summed E-state index contributed by atoms with van der Waals surface area (Å²) in [6.45, 7) is 3.45. The summed E-state index contributed by atoms with van der Waals surface area (Å²) in [7, 11) is 0. The van der Waals surface area contributed by atoms with E-state index in [1.54, 1.807) is 43.3 Å². The third-order valence-corrected chi connectivity index (χ3v) is 4.53. The lowest BCUT2D eigenvalue weighted by atomic mass is 10.1. The van der Waals surface area contributed by atoms with Crippen LogP contribution in [0.1, 0.15) is 22.8 Å². The molecule has 8 heteroatoms. The first kappa shape index (κ1) is 21.5. The van der Waals surface area contributed by atoms with Crippen molar-refractivity contribution in [3.8, 4) is 5.75 Å². The van der Waals surface area contributed by atoms with E-state index in [4.69, 9.17) is 4.74 Å². The number of anilines is 2. The number of aryl methyl sites for hydroxylation is 1. The van der Waals surface area contributed by atoms with Gasteiger partial charge in [-0.05, 0) is 61.9 Å². The Balaban J connectivity index is 1.56. The number of nitro groups is 1. The number of non-ortho nitro benzene ring substituents is 1. The van der Waals surface area contributed by atoms with Crippen LogP contribution in [0, 0.1) is 17.0 Å². The van der Waals surface area contributed by atoms with Crippen LogP contribution in [0.3, 0.4) is 0 Å². The van der Waals surface area contributed by atoms with Crippen molar-refractivity contribution in [2.24, 2.45) is 0 Å². The first-order valence-electron chi connectivity index (χ1n) is 9.52. The Bertz CT molecular complexity index is 1090. The standard InChI is InChI=1S/C23H21N3O5/c1-15-5-3-4-6-21(15)23(28)25-18-9-7-17(8-10-18)24-22(27)16(2)31-20-13-11-19(12-14-20)26(29)30/h3-14,16H,1-2H3,(H,24,27)(H,25,28). The highest BCUT2D eigenvalue weighted by molar-refractivity contribution is 6.05. The Morgan fingerprint density at radius 1 is 0.903 bits per heavy atom. The van der Waals surface area contributed by atoms with Crippen molar-refractivity contribution >= 4 is 28.9 Å². The topological polar surface area (TPSA) is 111 Å². The summed E-state index contributed by atoms with van der Waals surface area (Å²) in [5.74, 6) is -0.238. The van der Waals surface area contributed by atoms with Crippen molar-refractivity contribution in [2.75, 3.05) is 10.6 Å². The van der Waals surface area contributed by atoms with Gasteiger partial charge in [0.1, 0.15) is 5.75 Å². The molecule has 0 saturated heterocycles. The second kappa shape index (κ2) is 9.53. The van der Waals surface area contributed by atoms with Crippen LogP contribution >= 0.6 is 0 Å². The summed E-state index contributed by atoms with van der Waals surface area (Å²) < 4.78 is 5.53. The van der Waals surface area contributed by atoms with Crippen molar-refractivity contribution in [1.29, 1.82) is 0 Å². The number of carbonyl (C=O) groups is 2. The van der Waals surface area contributed by atoms with Crippen LogP contribution in [0.2, 0.25) is 0 Å². The molecule has 2 N–H and O–H groups in total. The molecular formula is C23H21N3O5. The summed E-state index contributed by atoms with van der Waals surface area (Å²) in [6, 6.07) is 19.5. The zero-order valence-corrected chi connectivity index (χ0v) is 17.0. The minimum absolute atomic E-state index is 0.0564. The van der Waals surface area contributed by atoms with Crippen molar-refractivity contribution in [2.45, 2.75) is 20.0 Å². The predicted octanol–water partition coefficient (Wildman–Crippen LogP) is 4.56. The van der Waals surface area contributed by atoms with E-state index in [2.05, 4.69) is 10.6 Å². The number of nitro benzene ring substituents is 1. The number of nitrogens with one attached hydrogen (secondary N) is 2. The highest BCUT2D eigenvalue weighted by atomic mass is 16.6. The molecule has 3 rings (SSSR count). The lowest BCUT2D eigenvalue weighted by molar-refractivity contribution is -0.384. The molecule has 0 aromatic heterocycles. The monoisotopic (exact) mass is 419 g/mol. The maximum atomic E-state index is 12.4. The van der Waals surface area contributed by atoms with Gasteiger partial charge in [-0.1, -0.05) is 18.2 Å². The molecule has 0 bridgehead atoms. The lowest BCUT2D eigenvalue weighted by Gasteiger charge is -2.15. The van der Waals surface area contributed by atoms with Gasteiger partial charge in [0.15, 0.2) is 6.10 Å². The summed E-state index contributed by atoms with van der Waals surface area (Å²) in [5.41, 5.74) is 2.56. The van der Waals surface area contributed by atoms with Crippen LogP contribution in [-0.4, -0.2) is 22.8 Å². The maximum Gasteiger partial charge on any atom is 0.269 e. The number of nitrogens with zero attached hydrogens (tertiary/aromatic N) is 1. The molecule has 2 amide bonds. The van der Waals surface area contributed by atoms with E-state index in [1.165, 1.54) is 24.3 Å². The molecule has 1 atom stereocenters. The number of carbonyl (C=O) groups excluding carboxylic acids is 2. The van der Waals surface area contributed by atoms with Crippen LogP contribution in [0.4, 0.5) is 17.1 Å². The average Bonchev–Trinajstić information content (AvgIpc) is 2.75. The van der Waals surface area contributed by atoms with Gasteiger partial charge in [0, 0.05) is 29.1 Å². The molecule has 158 valence electrons. The number of benzene rings is 3. The Kier molecular flexibility index (Phi) is 6.61. The highest BCUT2D eigenvalue weighted by Crippen LogP contribution is 2.20. The predicted molar refractivity (Wildman–Crippen MR) is 117 cm³/mol. The number of ether oxygens (including phenoxy) is 1. The first-order chi connectivity index (χ1) is 14.8. The molecule has 0 saturated carbocycles. The van der Waals surface area contributed by atoms with Crippen LogP contribution in [0.25, 0.3) is 0 Å². The second-order valence-corrected chi connectivity index (χ2v) is 6.85. The molecule has 0 fully saturated rings. The third kappa shape index (κ3) is 5.66. The summed E-state index contributed by atoms with van der Waals surface area (Å²) in [6.07, 6.45) is -0.818. The van der Waals surface area contributed by atoms with Crippen molar-refractivity contribution in [3.63, 3.8) is 0 Å². The molecule has 1 unspecified atom stereocenters. The van der Waals surface area contributed by atoms with Crippen LogP contribution in [-0.2, 0) is 4.79 Å². The molecule has 3 aromatic carbocycles. The zero-order chi connectivity index (χ0) is 22.4. The molecule has 31 heavy (non-hydrogen) atoms. The molecule has 0 aliphatic heterocycles. The van der Waals surface area contributed by atoms with Gasteiger partial charge in [0.05, 0.1) is 4.92 Å². The maximum absolute atomic E-state index is 12.4. The van der Waals surface area contributed by atoms with Gasteiger partial charge in [-0.15, -0.1) is 0 Å². The van der Waals surface area contributed by atoms with Crippen LogP contribution in [0.5, 0.6) is 5.75 Å². The van der Waals surface area contributed by atoms with E-state index >= 15 is 0 Å². The Hall–Kier alpha value is -4.20. The minimum atomic E-state index is -0.818. The minimum Gasteiger partial charge on any atom is -0.481 e. The van der Waals surface area contributed by atoms with Crippen molar-refractivity contribution < 1.29 is 19.2 Å². The summed E-state index contributed by atoms with van der Waals surface area (Å²) >= 11 is 0. The number of hydrogen-bond donors (Lipinski definition) is 2. The normalized spacial score (nSPS) is 11.3. The Morgan fingerprint density at radius 3 is 2.06 bits per heavy atom. The summed E-state index contributed by atoms with van der Waals surface area (Å²) in [5, 5.41) is 16.2. The van der Waals surface area contributed by atoms with Gasteiger partial charge in [0.25, 0.3) is 17.5 Å². The van der Waals surface area contributed by atoms with Crippen molar-refractivity contribution in [3.05, 3.63) is 94.0 Å². The SMILES string of the molecule is Cc1ccccc1C(=O)Nc1ccc(NC(=O)C(C)Oc2ccc([N+](=O)[O-])cc2)cc1. The van der Waals surface area contributed by atoms with E-state index in [0.717, 1.165) is 5.56 Å². The largest absolute Gasteiger partial charge is 0.481 e. The van der Waals surface area contributed by atoms with Crippen LogP contribution < -0.4 is 15.4 Å². The van der Waals surface area contributed by atoms with Crippen molar-refractivity contribution in [1.82, 2.24) is 0 Å². The van der Waals surface area contributed by atoms with E-state index in [1.807, 2.05) is 19.1 Å². The Labute approximate surface area is 179 Å².